The molecule has 1 aromatic carbocycles. The monoisotopic (exact) mass is 328 g/mol. The van der Waals surface area contributed by atoms with E-state index >= 15 is 0 Å². The van der Waals surface area contributed by atoms with Gasteiger partial charge in [-0.05, 0) is 45.0 Å². The van der Waals surface area contributed by atoms with Crippen molar-refractivity contribution in [3.05, 3.63) is 47.4 Å². The molecule has 2 N–H and O–H groups in total. The highest BCUT2D eigenvalue weighted by molar-refractivity contribution is 5.93. The van der Waals surface area contributed by atoms with E-state index < -0.39 is 5.97 Å². The molecule has 1 amide bonds. The highest BCUT2D eigenvalue weighted by Gasteiger charge is 2.12. The van der Waals surface area contributed by atoms with Gasteiger partial charge in [-0.3, -0.25) is 4.79 Å². The SMILES string of the molecule is COC(=O)c1ccc(Nc2cc(C(=O)NC(C)C)nc(C)n2)cc1. The maximum Gasteiger partial charge on any atom is 0.337 e. The summed E-state index contributed by atoms with van der Waals surface area (Å²) in [6.45, 7) is 5.49. The molecule has 7 heteroatoms. The highest BCUT2D eigenvalue weighted by Crippen LogP contribution is 2.17. The highest BCUT2D eigenvalue weighted by atomic mass is 16.5. The Hall–Kier alpha value is -2.96. The van der Waals surface area contributed by atoms with Crippen LogP contribution in [-0.2, 0) is 4.74 Å². The van der Waals surface area contributed by atoms with Crippen molar-refractivity contribution in [3.63, 3.8) is 0 Å². The van der Waals surface area contributed by atoms with Crippen molar-refractivity contribution >= 4 is 23.4 Å². The number of nitrogens with one attached hydrogen (secondary N) is 2. The molecule has 0 aliphatic heterocycles. The second-order valence-electron chi connectivity index (χ2n) is 5.51. The fourth-order valence-electron chi connectivity index (χ4n) is 2.04. The van der Waals surface area contributed by atoms with E-state index in [9.17, 15) is 9.59 Å². The second kappa shape index (κ2) is 7.54. The van der Waals surface area contributed by atoms with Crippen molar-refractivity contribution in [2.75, 3.05) is 12.4 Å². The van der Waals surface area contributed by atoms with Crippen molar-refractivity contribution < 1.29 is 14.3 Å². The topological polar surface area (TPSA) is 93.2 Å². The smallest absolute Gasteiger partial charge is 0.337 e. The van der Waals surface area contributed by atoms with Crippen LogP contribution in [0.5, 0.6) is 0 Å². The lowest BCUT2D eigenvalue weighted by molar-refractivity contribution is 0.0600. The lowest BCUT2D eigenvalue weighted by Crippen LogP contribution is -2.31. The molecule has 0 bridgehead atoms. The van der Waals surface area contributed by atoms with Gasteiger partial charge >= 0.3 is 5.97 Å². The van der Waals surface area contributed by atoms with Crippen LogP contribution >= 0.6 is 0 Å². The van der Waals surface area contributed by atoms with Gasteiger partial charge < -0.3 is 15.4 Å². The van der Waals surface area contributed by atoms with E-state index in [1.165, 1.54) is 7.11 Å². The molecular formula is C17H20N4O3. The summed E-state index contributed by atoms with van der Waals surface area (Å²) in [5.41, 5.74) is 1.49. The van der Waals surface area contributed by atoms with Crippen molar-refractivity contribution in [1.82, 2.24) is 15.3 Å². The van der Waals surface area contributed by atoms with Crippen LogP contribution in [0.2, 0.25) is 0 Å². The van der Waals surface area contributed by atoms with Gasteiger partial charge in [-0.2, -0.15) is 0 Å². The number of nitrogens with zero attached hydrogens (tertiary/aromatic N) is 2. The molecular weight excluding hydrogens is 308 g/mol. The zero-order valence-electron chi connectivity index (χ0n) is 14.1. The molecule has 1 aromatic heterocycles. The minimum absolute atomic E-state index is 0.0232. The first-order chi connectivity index (χ1) is 11.4. The number of hydrogen-bond donors (Lipinski definition) is 2. The number of anilines is 2. The molecule has 0 atom stereocenters. The molecule has 0 saturated carbocycles. The molecule has 126 valence electrons. The first-order valence-corrected chi connectivity index (χ1v) is 7.51. The summed E-state index contributed by atoms with van der Waals surface area (Å²) in [5.74, 6) is 0.342. The van der Waals surface area contributed by atoms with Crippen LogP contribution in [0, 0.1) is 6.92 Å². The van der Waals surface area contributed by atoms with E-state index in [-0.39, 0.29) is 11.9 Å². The zero-order chi connectivity index (χ0) is 17.7. The van der Waals surface area contributed by atoms with Gasteiger partial charge in [0.1, 0.15) is 17.3 Å². The summed E-state index contributed by atoms with van der Waals surface area (Å²) in [4.78, 5) is 31.9. The fourth-order valence-corrected chi connectivity index (χ4v) is 2.04. The van der Waals surface area contributed by atoms with Crippen LogP contribution < -0.4 is 10.6 Å². The number of esters is 1. The summed E-state index contributed by atoms with van der Waals surface area (Å²) in [6.07, 6.45) is 0. The molecule has 0 fully saturated rings. The van der Waals surface area contributed by atoms with Crippen LogP contribution in [0.3, 0.4) is 0 Å². The number of carbonyl (C=O) groups is 2. The zero-order valence-corrected chi connectivity index (χ0v) is 14.1. The summed E-state index contributed by atoms with van der Waals surface area (Å²) in [7, 11) is 1.34. The van der Waals surface area contributed by atoms with Gasteiger partial charge in [0, 0.05) is 17.8 Å². The third-order valence-corrected chi connectivity index (χ3v) is 3.07. The summed E-state index contributed by atoms with van der Waals surface area (Å²) in [5, 5.41) is 5.89. The minimum Gasteiger partial charge on any atom is -0.465 e. The van der Waals surface area contributed by atoms with Crippen molar-refractivity contribution in [3.8, 4) is 0 Å². The molecule has 7 nitrogen and oxygen atoms in total. The van der Waals surface area contributed by atoms with E-state index in [1.807, 2.05) is 13.8 Å². The maximum absolute atomic E-state index is 12.1. The number of aryl methyl sites for hydroxylation is 1. The lowest BCUT2D eigenvalue weighted by atomic mass is 10.2. The van der Waals surface area contributed by atoms with Gasteiger partial charge in [0.05, 0.1) is 12.7 Å². The number of aromatic nitrogens is 2. The van der Waals surface area contributed by atoms with Crippen LogP contribution in [0.15, 0.2) is 30.3 Å². The number of benzene rings is 1. The molecule has 2 aromatic rings. The molecule has 1 heterocycles. The Morgan fingerprint density at radius 2 is 1.79 bits per heavy atom. The summed E-state index contributed by atoms with van der Waals surface area (Å²) >= 11 is 0. The predicted octanol–water partition coefficient (Wildman–Crippen LogP) is 2.45. The standard InChI is InChI=1S/C17H20N4O3/c1-10(2)18-16(22)14-9-15(20-11(3)19-14)21-13-7-5-12(6-8-13)17(23)24-4/h5-10H,1-4H3,(H,18,22)(H,19,20,21). The normalized spacial score (nSPS) is 10.4. The first-order valence-electron chi connectivity index (χ1n) is 7.51. The van der Waals surface area contributed by atoms with Crippen molar-refractivity contribution in [2.24, 2.45) is 0 Å². The van der Waals surface area contributed by atoms with E-state index in [0.29, 0.717) is 22.9 Å². The van der Waals surface area contributed by atoms with Crippen LogP contribution in [0.4, 0.5) is 11.5 Å². The Bertz CT molecular complexity index is 742. The predicted molar refractivity (Wildman–Crippen MR) is 90.4 cm³/mol. The minimum atomic E-state index is -0.396. The first kappa shape index (κ1) is 17.4. The van der Waals surface area contributed by atoms with Gasteiger partial charge in [-0.25, -0.2) is 14.8 Å². The van der Waals surface area contributed by atoms with Gasteiger partial charge in [-0.1, -0.05) is 0 Å². The van der Waals surface area contributed by atoms with Crippen LogP contribution in [0.1, 0.15) is 40.5 Å². The molecule has 0 spiro atoms. The molecule has 0 radical (unpaired) electrons. The van der Waals surface area contributed by atoms with Gasteiger partial charge in [-0.15, -0.1) is 0 Å². The maximum atomic E-state index is 12.1. The molecule has 0 saturated heterocycles. The second-order valence-corrected chi connectivity index (χ2v) is 5.51. The van der Waals surface area contributed by atoms with Gasteiger partial charge in [0.2, 0.25) is 0 Å². The van der Waals surface area contributed by atoms with Gasteiger partial charge in [0.15, 0.2) is 0 Å². The van der Waals surface area contributed by atoms with Crippen LogP contribution in [0.25, 0.3) is 0 Å². The van der Waals surface area contributed by atoms with E-state index in [0.717, 1.165) is 5.69 Å². The lowest BCUT2D eigenvalue weighted by Gasteiger charge is -2.11. The Balaban J connectivity index is 2.19. The molecule has 0 aliphatic rings. The molecule has 24 heavy (non-hydrogen) atoms. The van der Waals surface area contributed by atoms with Gasteiger partial charge in [0.25, 0.3) is 5.91 Å². The van der Waals surface area contributed by atoms with E-state index in [4.69, 9.17) is 0 Å². The molecule has 0 unspecified atom stereocenters. The molecule has 0 aliphatic carbocycles. The number of rotatable bonds is 5. The Kier molecular flexibility index (Phi) is 5.47. The Labute approximate surface area is 140 Å². The summed E-state index contributed by atoms with van der Waals surface area (Å²) in [6, 6.07) is 8.37. The van der Waals surface area contributed by atoms with E-state index in [2.05, 4.69) is 25.3 Å². The number of methoxy groups -OCH3 is 1. The average Bonchev–Trinajstić information content (AvgIpc) is 2.53. The van der Waals surface area contributed by atoms with E-state index in [1.54, 1.807) is 37.3 Å². The number of ether oxygens (including phenoxy) is 1. The van der Waals surface area contributed by atoms with Crippen molar-refractivity contribution in [2.45, 2.75) is 26.8 Å². The number of amides is 1. The Morgan fingerprint density at radius 1 is 1.12 bits per heavy atom. The number of hydrogen-bond acceptors (Lipinski definition) is 6. The number of carbonyl (C=O) groups excluding carboxylic acids is 2. The Morgan fingerprint density at radius 3 is 2.38 bits per heavy atom. The van der Waals surface area contributed by atoms with Crippen molar-refractivity contribution in [1.29, 1.82) is 0 Å². The third kappa shape index (κ3) is 4.52. The quantitative estimate of drug-likeness (QED) is 0.819. The van der Waals surface area contributed by atoms with Crippen LogP contribution in [-0.4, -0.2) is 35.0 Å². The fraction of sp³-hybridized carbons (Fsp3) is 0.294. The molecule has 2 rings (SSSR count). The largest absolute Gasteiger partial charge is 0.465 e. The average molecular weight is 328 g/mol. The third-order valence-electron chi connectivity index (χ3n) is 3.07. The summed E-state index contributed by atoms with van der Waals surface area (Å²) < 4.78 is 4.66.